The Morgan fingerprint density at radius 3 is 2.67 bits per heavy atom. The highest BCUT2D eigenvalue weighted by molar-refractivity contribution is 5.87. The van der Waals surface area contributed by atoms with Crippen molar-refractivity contribution < 1.29 is 14.7 Å². The predicted molar refractivity (Wildman–Crippen MR) is 55.5 cm³/mol. The lowest BCUT2D eigenvalue weighted by molar-refractivity contribution is -0.143. The van der Waals surface area contributed by atoms with E-state index in [2.05, 4.69) is 10.6 Å². The third kappa shape index (κ3) is 2.92. The maximum Gasteiger partial charge on any atom is 0.325 e. The Balaban J connectivity index is 2.55. The quantitative estimate of drug-likeness (QED) is 0.616. The molecule has 1 fully saturated rings. The molecule has 0 aromatic rings. The van der Waals surface area contributed by atoms with E-state index in [9.17, 15) is 9.59 Å². The van der Waals surface area contributed by atoms with Crippen LogP contribution in [0, 0.1) is 5.41 Å². The van der Waals surface area contributed by atoms with Crippen molar-refractivity contribution in [3.63, 3.8) is 0 Å². The van der Waals surface area contributed by atoms with Gasteiger partial charge in [0.1, 0.15) is 6.04 Å². The molecule has 0 spiro atoms. The summed E-state index contributed by atoms with van der Waals surface area (Å²) in [6.45, 7) is 4.88. The third-order valence-corrected chi connectivity index (χ3v) is 2.86. The van der Waals surface area contributed by atoms with E-state index in [4.69, 9.17) is 5.11 Å². The maximum atomic E-state index is 11.8. The molecular weight excluding hydrogens is 196 g/mol. The zero-order valence-electron chi connectivity index (χ0n) is 9.17. The van der Waals surface area contributed by atoms with Gasteiger partial charge in [-0.25, -0.2) is 0 Å². The molecule has 1 saturated heterocycles. The molecule has 0 aromatic heterocycles. The summed E-state index contributed by atoms with van der Waals surface area (Å²) in [5, 5.41) is 14.3. The van der Waals surface area contributed by atoms with Crippen molar-refractivity contribution in [2.75, 3.05) is 13.1 Å². The van der Waals surface area contributed by atoms with Crippen LogP contribution in [0.4, 0.5) is 0 Å². The van der Waals surface area contributed by atoms with Crippen molar-refractivity contribution in [1.29, 1.82) is 0 Å². The molecule has 1 aliphatic heterocycles. The van der Waals surface area contributed by atoms with E-state index in [1.54, 1.807) is 0 Å². The van der Waals surface area contributed by atoms with Crippen LogP contribution < -0.4 is 10.6 Å². The number of hydrogen-bond donors (Lipinski definition) is 3. The predicted octanol–water partition coefficient (Wildman–Crippen LogP) is -0.0346. The molecule has 3 N–H and O–H groups in total. The first kappa shape index (κ1) is 12.0. The van der Waals surface area contributed by atoms with Gasteiger partial charge < -0.3 is 15.7 Å². The van der Waals surface area contributed by atoms with Crippen LogP contribution in [0.2, 0.25) is 0 Å². The minimum absolute atomic E-state index is 0.176. The summed E-state index contributed by atoms with van der Waals surface area (Å²) in [7, 11) is 0. The molecule has 1 unspecified atom stereocenters. The second-order valence-electron chi connectivity index (χ2n) is 4.37. The van der Waals surface area contributed by atoms with E-state index in [1.807, 2.05) is 6.92 Å². The molecule has 1 heterocycles. The Bertz CT molecular complexity index is 259. The smallest absolute Gasteiger partial charge is 0.325 e. The van der Waals surface area contributed by atoms with Gasteiger partial charge >= 0.3 is 5.97 Å². The molecule has 1 amide bonds. The molecule has 2 atom stereocenters. The van der Waals surface area contributed by atoms with Crippen molar-refractivity contribution >= 4 is 11.9 Å². The molecule has 0 bridgehead atoms. The van der Waals surface area contributed by atoms with Crippen molar-refractivity contribution in [2.45, 2.75) is 32.7 Å². The monoisotopic (exact) mass is 214 g/mol. The van der Waals surface area contributed by atoms with Gasteiger partial charge in [-0.2, -0.15) is 0 Å². The number of hydrogen-bond acceptors (Lipinski definition) is 3. The summed E-state index contributed by atoms with van der Waals surface area (Å²) in [5.41, 5.74) is -0.470. The van der Waals surface area contributed by atoms with Crippen molar-refractivity contribution in [1.82, 2.24) is 10.6 Å². The molecule has 15 heavy (non-hydrogen) atoms. The maximum absolute atomic E-state index is 11.8. The van der Waals surface area contributed by atoms with E-state index in [0.717, 1.165) is 19.4 Å². The molecule has 1 aliphatic rings. The van der Waals surface area contributed by atoms with Crippen LogP contribution in [0.15, 0.2) is 0 Å². The minimum atomic E-state index is -1.00. The summed E-state index contributed by atoms with van der Waals surface area (Å²) in [6.07, 6.45) is 1.75. The number of nitrogens with one attached hydrogen (secondary N) is 2. The van der Waals surface area contributed by atoms with Crippen LogP contribution in [0.25, 0.3) is 0 Å². The highest BCUT2D eigenvalue weighted by Gasteiger charge is 2.35. The van der Waals surface area contributed by atoms with Gasteiger partial charge in [-0.15, -0.1) is 0 Å². The van der Waals surface area contributed by atoms with Crippen LogP contribution in [-0.2, 0) is 9.59 Å². The molecule has 1 rings (SSSR count). The van der Waals surface area contributed by atoms with Gasteiger partial charge in [0.15, 0.2) is 0 Å². The van der Waals surface area contributed by atoms with E-state index < -0.39 is 17.4 Å². The zero-order chi connectivity index (χ0) is 11.5. The van der Waals surface area contributed by atoms with Crippen molar-refractivity contribution in [3.8, 4) is 0 Å². The van der Waals surface area contributed by atoms with Crippen molar-refractivity contribution in [3.05, 3.63) is 0 Å². The Kier molecular flexibility index (Phi) is 3.68. The second-order valence-corrected chi connectivity index (χ2v) is 4.37. The van der Waals surface area contributed by atoms with Gasteiger partial charge in [-0.3, -0.25) is 9.59 Å². The molecule has 5 heteroatoms. The first-order valence-corrected chi connectivity index (χ1v) is 5.20. The SMILES string of the molecule is C[C@H](NC(=O)C1(C)CCCNC1)C(=O)O. The number of amides is 1. The van der Waals surface area contributed by atoms with E-state index in [1.165, 1.54) is 6.92 Å². The minimum Gasteiger partial charge on any atom is -0.480 e. The Morgan fingerprint density at radius 2 is 2.20 bits per heavy atom. The topological polar surface area (TPSA) is 78.4 Å². The third-order valence-electron chi connectivity index (χ3n) is 2.86. The molecule has 5 nitrogen and oxygen atoms in total. The van der Waals surface area contributed by atoms with Crippen LogP contribution in [0.1, 0.15) is 26.7 Å². The molecule has 0 radical (unpaired) electrons. The average molecular weight is 214 g/mol. The first-order valence-electron chi connectivity index (χ1n) is 5.20. The summed E-state index contributed by atoms with van der Waals surface area (Å²) >= 11 is 0. The van der Waals surface area contributed by atoms with E-state index in [0.29, 0.717) is 6.54 Å². The standard InChI is InChI=1S/C10H18N2O3/c1-7(8(13)14)12-9(15)10(2)4-3-5-11-6-10/h7,11H,3-6H2,1-2H3,(H,12,15)(H,13,14)/t7-,10?/m0/s1. The number of carbonyl (C=O) groups excluding carboxylic acids is 1. The summed E-state index contributed by atoms with van der Waals surface area (Å²) in [5.74, 6) is -1.18. The Hall–Kier alpha value is -1.10. The lowest BCUT2D eigenvalue weighted by atomic mass is 9.82. The molecule has 86 valence electrons. The van der Waals surface area contributed by atoms with Crippen LogP contribution >= 0.6 is 0 Å². The van der Waals surface area contributed by atoms with Gasteiger partial charge in [0.2, 0.25) is 5.91 Å². The van der Waals surface area contributed by atoms with Gasteiger partial charge in [0, 0.05) is 6.54 Å². The fourth-order valence-electron chi connectivity index (χ4n) is 1.68. The van der Waals surface area contributed by atoms with Gasteiger partial charge in [-0.05, 0) is 33.2 Å². The number of rotatable bonds is 3. The van der Waals surface area contributed by atoms with Gasteiger partial charge in [0.25, 0.3) is 0 Å². The number of piperidine rings is 1. The molecule has 0 saturated carbocycles. The molecule has 0 aromatic carbocycles. The van der Waals surface area contributed by atoms with Crippen LogP contribution in [0.3, 0.4) is 0 Å². The fraction of sp³-hybridized carbons (Fsp3) is 0.800. The lowest BCUT2D eigenvalue weighted by Crippen LogP contribution is -2.52. The highest BCUT2D eigenvalue weighted by atomic mass is 16.4. The number of carboxylic acids is 1. The number of aliphatic carboxylic acids is 1. The van der Waals surface area contributed by atoms with Crippen molar-refractivity contribution in [2.24, 2.45) is 5.41 Å². The Labute approximate surface area is 89.2 Å². The summed E-state index contributed by atoms with van der Waals surface area (Å²) in [4.78, 5) is 22.4. The lowest BCUT2D eigenvalue weighted by Gasteiger charge is -2.33. The summed E-state index contributed by atoms with van der Waals surface area (Å²) in [6, 6.07) is -0.823. The van der Waals surface area contributed by atoms with Gasteiger partial charge in [0.05, 0.1) is 5.41 Å². The Morgan fingerprint density at radius 1 is 1.53 bits per heavy atom. The van der Waals surface area contributed by atoms with E-state index >= 15 is 0 Å². The fourth-order valence-corrected chi connectivity index (χ4v) is 1.68. The average Bonchev–Trinajstić information content (AvgIpc) is 2.18. The van der Waals surface area contributed by atoms with Crippen LogP contribution in [-0.4, -0.2) is 36.1 Å². The summed E-state index contributed by atoms with van der Waals surface area (Å²) < 4.78 is 0. The highest BCUT2D eigenvalue weighted by Crippen LogP contribution is 2.25. The van der Waals surface area contributed by atoms with Crippen LogP contribution in [0.5, 0.6) is 0 Å². The normalized spacial score (nSPS) is 28.1. The largest absolute Gasteiger partial charge is 0.480 e. The van der Waals surface area contributed by atoms with E-state index in [-0.39, 0.29) is 5.91 Å². The first-order chi connectivity index (χ1) is 6.96. The number of carbonyl (C=O) groups is 2. The number of carboxylic acid groups (broad SMARTS) is 1. The molecular formula is C10H18N2O3. The van der Waals surface area contributed by atoms with Gasteiger partial charge in [-0.1, -0.05) is 0 Å². The molecule has 0 aliphatic carbocycles. The second kappa shape index (κ2) is 4.61. The zero-order valence-corrected chi connectivity index (χ0v) is 9.17.